The molecule has 5 heteroatoms. The van der Waals surface area contributed by atoms with Crippen molar-refractivity contribution in [2.75, 3.05) is 13.2 Å². The first-order chi connectivity index (χ1) is 8.10. The number of carbonyl (C=O) groups is 1. The molecule has 0 aliphatic heterocycles. The zero-order valence-electron chi connectivity index (χ0n) is 10.4. The fourth-order valence-electron chi connectivity index (χ4n) is 1.53. The van der Waals surface area contributed by atoms with Gasteiger partial charge < -0.3 is 14.0 Å². The van der Waals surface area contributed by atoms with E-state index in [9.17, 15) is 4.79 Å². The summed E-state index contributed by atoms with van der Waals surface area (Å²) in [5.74, 6) is -0.234. The third-order valence-electron chi connectivity index (χ3n) is 2.30. The van der Waals surface area contributed by atoms with Crippen molar-refractivity contribution < 1.29 is 14.3 Å². The number of rotatable bonds is 5. The van der Waals surface area contributed by atoms with E-state index in [0.29, 0.717) is 18.9 Å². The lowest BCUT2D eigenvalue weighted by molar-refractivity contribution is 0.0514. The van der Waals surface area contributed by atoms with Crippen molar-refractivity contribution in [2.45, 2.75) is 27.3 Å². The largest absolute Gasteiger partial charge is 0.480 e. The van der Waals surface area contributed by atoms with E-state index in [0.717, 1.165) is 5.69 Å². The zero-order valence-corrected chi connectivity index (χ0v) is 10.4. The van der Waals surface area contributed by atoms with Crippen LogP contribution in [0.4, 0.5) is 0 Å². The summed E-state index contributed by atoms with van der Waals surface area (Å²) >= 11 is 0. The van der Waals surface area contributed by atoms with Gasteiger partial charge in [0.1, 0.15) is 5.69 Å². The van der Waals surface area contributed by atoms with Crippen LogP contribution in [0, 0.1) is 12.3 Å². The molecule has 94 valence electrons. The van der Waals surface area contributed by atoms with Gasteiger partial charge in [0.2, 0.25) is 5.90 Å². The Hall–Kier alpha value is -1.78. The molecule has 0 spiro atoms. The van der Waals surface area contributed by atoms with Gasteiger partial charge in [-0.15, -0.1) is 0 Å². The summed E-state index contributed by atoms with van der Waals surface area (Å²) in [5.41, 5.74) is 1.35. The Balaban J connectivity index is 2.86. The zero-order chi connectivity index (χ0) is 12.8. The minimum Gasteiger partial charge on any atom is -0.480 e. The molecule has 0 aliphatic carbocycles. The van der Waals surface area contributed by atoms with Gasteiger partial charge in [-0.3, -0.25) is 5.41 Å². The van der Waals surface area contributed by atoms with E-state index < -0.39 is 0 Å². The number of ether oxygens (including phenoxy) is 2. The van der Waals surface area contributed by atoms with E-state index in [1.54, 1.807) is 17.6 Å². The quantitative estimate of drug-likeness (QED) is 0.484. The van der Waals surface area contributed by atoms with Crippen molar-refractivity contribution in [1.82, 2.24) is 4.57 Å². The molecule has 17 heavy (non-hydrogen) atoms. The molecule has 0 aromatic carbocycles. The Morgan fingerprint density at radius 1 is 1.29 bits per heavy atom. The van der Waals surface area contributed by atoms with Crippen LogP contribution in [-0.2, 0) is 16.0 Å². The summed E-state index contributed by atoms with van der Waals surface area (Å²) in [5, 5.41) is 7.61. The van der Waals surface area contributed by atoms with Crippen LogP contribution in [0.5, 0.6) is 0 Å². The van der Waals surface area contributed by atoms with Gasteiger partial charge in [0.25, 0.3) is 0 Å². The molecular formula is C12H18N2O3. The summed E-state index contributed by atoms with van der Waals surface area (Å²) in [6.07, 6.45) is 0. The SMILES string of the molecule is CCOC(=N)Cn1c(C)ccc1C(=O)OCC. The number of esters is 1. The fourth-order valence-corrected chi connectivity index (χ4v) is 1.53. The number of nitrogens with zero attached hydrogens (tertiary/aromatic N) is 1. The van der Waals surface area contributed by atoms with E-state index in [4.69, 9.17) is 14.9 Å². The van der Waals surface area contributed by atoms with E-state index in [1.807, 2.05) is 19.9 Å². The second-order valence-electron chi connectivity index (χ2n) is 3.52. The normalized spacial score (nSPS) is 10.1. The Morgan fingerprint density at radius 2 is 1.94 bits per heavy atom. The maximum absolute atomic E-state index is 11.7. The molecule has 1 aromatic rings. The molecule has 0 bridgehead atoms. The van der Waals surface area contributed by atoms with Crippen molar-refractivity contribution in [3.63, 3.8) is 0 Å². The Morgan fingerprint density at radius 3 is 2.53 bits per heavy atom. The van der Waals surface area contributed by atoms with Gasteiger partial charge in [-0.25, -0.2) is 4.79 Å². The molecule has 1 rings (SSSR count). The molecule has 0 radical (unpaired) electrons. The molecular weight excluding hydrogens is 220 g/mol. The maximum atomic E-state index is 11.7. The summed E-state index contributed by atoms with van der Waals surface area (Å²) < 4.78 is 11.7. The maximum Gasteiger partial charge on any atom is 0.354 e. The molecule has 0 aliphatic rings. The number of nitrogens with one attached hydrogen (secondary N) is 1. The molecule has 0 saturated carbocycles. The monoisotopic (exact) mass is 238 g/mol. The first-order valence-corrected chi connectivity index (χ1v) is 5.63. The first-order valence-electron chi connectivity index (χ1n) is 5.63. The number of hydrogen-bond acceptors (Lipinski definition) is 4. The van der Waals surface area contributed by atoms with Crippen LogP contribution < -0.4 is 0 Å². The highest BCUT2D eigenvalue weighted by molar-refractivity contribution is 5.88. The van der Waals surface area contributed by atoms with Gasteiger partial charge in [-0.1, -0.05) is 0 Å². The second kappa shape index (κ2) is 6.08. The van der Waals surface area contributed by atoms with Gasteiger partial charge in [0, 0.05) is 5.69 Å². The van der Waals surface area contributed by atoms with Crippen LogP contribution in [0.25, 0.3) is 0 Å². The minimum absolute atomic E-state index is 0.136. The summed E-state index contributed by atoms with van der Waals surface area (Å²) in [6, 6.07) is 3.53. The summed E-state index contributed by atoms with van der Waals surface area (Å²) in [7, 11) is 0. The van der Waals surface area contributed by atoms with Crippen LogP contribution in [-0.4, -0.2) is 29.6 Å². The van der Waals surface area contributed by atoms with E-state index in [-0.39, 0.29) is 18.4 Å². The van der Waals surface area contributed by atoms with Crippen molar-refractivity contribution in [2.24, 2.45) is 0 Å². The number of carbonyl (C=O) groups excluding carboxylic acids is 1. The molecule has 5 nitrogen and oxygen atoms in total. The number of aryl methyl sites for hydroxylation is 1. The van der Waals surface area contributed by atoms with Gasteiger partial charge in [0.05, 0.1) is 19.8 Å². The van der Waals surface area contributed by atoms with E-state index in [2.05, 4.69) is 0 Å². The molecule has 1 N–H and O–H groups in total. The van der Waals surface area contributed by atoms with Gasteiger partial charge in [0.15, 0.2) is 0 Å². The molecule has 0 amide bonds. The minimum atomic E-state index is -0.370. The lowest BCUT2D eigenvalue weighted by Crippen LogP contribution is -2.19. The van der Waals surface area contributed by atoms with Gasteiger partial charge in [-0.05, 0) is 32.9 Å². The van der Waals surface area contributed by atoms with Crippen molar-refractivity contribution in [3.05, 3.63) is 23.5 Å². The molecule has 1 heterocycles. The highest BCUT2D eigenvalue weighted by Crippen LogP contribution is 2.10. The van der Waals surface area contributed by atoms with Crippen LogP contribution in [0.1, 0.15) is 30.0 Å². The Bertz CT molecular complexity index is 410. The third kappa shape index (κ3) is 3.34. The number of hydrogen-bond donors (Lipinski definition) is 1. The van der Waals surface area contributed by atoms with Crippen molar-refractivity contribution >= 4 is 11.9 Å². The summed E-state index contributed by atoms with van der Waals surface area (Å²) in [6.45, 7) is 6.51. The highest BCUT2D eigenvalue weighted by Gasteiger charge is 2.15. The van der Waals surface area contributed by atoms with Gasteiger partial charge >= 0.3 is 5.97 Å². The van der Waals surface area contributed by atoms with E-state index >= 15 is 0 Å². The van der Waals surface area contributed by atoms with Crippen LogP contribution in [0.2, 0.25) is 0 Å². The van der Waals surface area contributed by atoms with Crippen LogP contribution in [0.3, 0.4) is 0 Å². The number of aromatic nitrogens is 1. The lowest BCUT2D eigenvalue weighted by Gasteiger charge is -2.11. The smallest absolute Gasteiger partial charge is 0.354 e. The molecule has 0 fully saturated rings. The molecule has 0 atom stereocenters. The predicted molar refractivity (Wildman–Crippen MR) is 64.5 cm³/mol. The molecule has 0 saturated heterocycles. The van der Waals surface area contributed by atoms with Crippen molar-refractivity contribution in [3.8, 4) is 0 Å². The molecule has 0 unspecified atom stereocenters. The predicted octanol–water partition coefficient (Wildman–Crippen LogP) is 1.99. The Labute approximate surface area is 101 Å². The van der Waals surface area contributed by atoms with Crippen LogP contribution >= 0.6 is 0 Å². The lowest BCUT2D eigenvalue weighted by atomic mass is 10.4. The highest BCUT2D eigenvalue weighted by atomic mass is 16.5. The topological polar surface area (TPSA) is 64.3 Å². The molecule has 1 aromatic heterocycles. The average Bonchev–Trinajstić information content (AvgIpc) is 2.61. The van der Waals surface area contributed by atoms with Crippen molar-refractivity contribution in [1.29, 1.82) is 5.41 Å². The Kier molecular flexibility index (Phi) is 4.75. The van der Waals surface area contributed by atoms with Crippen LogP contribution in [0.15, 0.2) is 12.1 Å². The first kappa shape index (κ1) is 13.3. The standard InChI is InChI=1S/C12H18N2O3/c1-4-16-11(13)8-14-9(3)6-7-10(14)12(15)17-5-2/h6-7,13H,4-5,8H2,1-3H3. The second-order valence-corrected chi connectivity index (χ2v) is 3.52. The van der Waals surface area contributed by atoms with Gasteiger partial charge in [-0.2, -0.15) is 0 Å². The third-order valence-corrected chi connectivity index (χ3v) is 2.30. The van der Waals surface area contributed by atoms with E-state index in [1.165, 1.54) is 0 Å². The summed E-state index contributed by atoms with van der Waals surface area (Å²) in [4.78, 5) is 11.7. The average molecular weight is 238 g/mol. The fraction of sp³-hybridized carbons (Fsp3) is 0.500.